The largest absolute Gasteiger partial charge is 0.493 e. The maximum absolute atomic E-state index is 12.5. The molecule has 1 aliphatic heterocycles. The molecule has 2 amide bonds. The Balaban J connectivity index is 1.58. The lowest BCUT2D eigenvalue weighted by Crippen LogP contribution is -2.30. The van der Waals surface area contributed by atoms with Crippen molar-refractivity contribution in [2.24, 2.45) is 5.10 Å². The van der Waals surface area contributed by atoms with Gasteiger partial charge in [-0.25, -0.2) is 5.01 Å². The number of hydrazone groups is 1. The lowest BCUT2D eigenvalue weighted by Gasteiger charge is -2.12. The van der Waals surface area contributed by atoms with Gasteiger partial charge in [0.15, 0.2) is 18.1 Å². The minimum absolute atomic E-state index is 0.135. The fourth-order valence-electron chi connectivity index (χ4n) is 3.29. The van der Waals surface area contributed by atoms with Crippen molar-refractivity contribution in [3.8, 4) is 17.6 Å². The number of carbonyl (C=O) groups is 2. The molecule has 170 valence electrons. The van der Waals surface area contributed by atoms with Gasteiger partial charge in [0.2, 0.25) is 0 Å². The lowest BCUT2D eigenvalue weighted by atomic mass is 10.1. The SMILES string of the molecule is COc1cc(C=C2C(=O)N(CCC#N)N=C2C)ccc1OCC(=O)NCCc1ccccc1. The maximum atomic E-state index is 12.5. The zero-order valence-electron chi connectivity index (χ0n) is 18.7. The number of hydrogen-bond acceptors (Lipinski definition) is 6. The highest BCUT2D eigenvalue weighted by molar-refractivity contribution is 6.26. The van der Waals surface area contributed by atoms with E-state index in [9.17, 15) is 9.59 Å². The standard InChI is InChI=1S/C25H26N4O4/c1-18-21(25(31)29(28-18)14-6-12-26)15-20-9-10-22(23(16-20)32-2)33-17-24(30)27-13-11-19-7-4-3-5-8-19/h3-5,7-10,15-16H,6,11,13-14,17H2,1-2H3,(H,27,30). The van der Waals surface area contributed by atoms with Crippen LogP contribution in [0, 0.1) is 11.3 Å². The summed E-state index contributed by atoms with van der Waals surface area (Å²) in [6.45, 7) is 2.40. The van der Waals surface area contributed by atoms with Crippen molar-refractivity contribution in [1.82, 2.24) is 10.3 Å². The average Bonchev–Trinajstić information content (AvgIpc) is 3.09. The number of hydrogen-bond donors (Lipinski definition) is 1. The molecule has 1 aliphatic rings. The Hall–Kier alpha value is -4.12. The van der Waals surface area contributed by atoms with Gasteiger partial charge in [-0.3, -0.25) is 9.59 Å². The molecule has 8 heteroatoms. The van der Waals surface area contributed by atoms with E-state index < -0.39 is 0 Å². The van der Waals surface area contributed by atoms with Gasteiger partial charge in [0.05, 0.1) is 37.4 Å². The zero-order chi connectivity index (χ0) is 23.6. The van der Waals surface area contributed by atoms with Crippen LogP contribution in [0.1, 0.15) is 24.5 Å². The van der Waals surface area contributed by atoms with Gasteiger partial charge in [0.25, 0.3) is 11.8 Å². The van der Waals surface area contributed by atoms with Crippen LogP contribution in [0.15, 0.2) is 59.2 Å². The number of rotatable bonds is 10. The Morgan fingerprint density at radius 3 is 2.73 bits per heavy atom. The number of amides is 2. The first-order valence-corrected chi connectivity index (χ1v) is 10.6. The van der Waals surface area contributed by atoms with Crippen LogP contribution in [0.3, 0.4) is 0 Å². The minimum Gasteiger partial charge on any atom is -0.493 e. The summed E-state index contributed by atoms with van der Waals surface area (Å²) in [6.07, 6.45) is 2.68. The summed E-state index contributed by atoms with van der Waals surface area (Å²) in [4.78, 5) is 24.7. The van der Waals surface area contributed by atoms with Gasteiger partial charge < -0.3 is 14.8 Å². The first-order valence-electron chi connectivity index (χ1n) is 10.6. The van der Waals surface area contributed by atoms with E-state index in [1.54, 1.807) is 31.2 Å². The molecule has 0 atom stereocenters. The van der Waals surface area contributed by atoms with Crippen LogP contribution in [0.5, 0.6) is 11.5 Å². The number of methoxy groups -OCH3 is 1. The third-order valence-electron chi connectivity index (χ3n) is 5.00. The fraction of sp³-hybridized carbons (Fsp3) is 0.280. The van der Waals surface area contributed by atoms with E-state index in [4.69, 9.17) is 14.7 Å². The predicted octanol–water partition coefficient (Wildman–Crippen LogP) is 2.95. The molecule has 33 heavy (non-hydrogen) atoms. The predicted molar refractivity (Wildman–Crippen MR) is 125 cm³/mol. The molecule has 1 heterocycles. The smallest absolute Gasteiger partial charge is 0.275 e. The number of ether oxygens (including phenoxy) is 2. The van der Waals surface area contributed by atoms with E-state index >= 15 is 0 Å². The van der Waals surface area contributed by atoms with Crippen molar-refractivity contribution in [2.75, 3.05) is 26.8 Å². The first-order chi connectivity index (χ1) is 16.0. The van der Waals surface area contributed by atoms with Crippen molar-refractivity contribution >= 4 is 23.6 Å². The molecule has 1 N–H and O–H groups in total. The highest BCUT2D eigenvalue weighted by Crippen LogP contribution is 2.29. The molecule has 0 bridgehead atoms. The summed E-state index contributed by atoms with van der Waals surface area (Å²) in [6, 6.07) is 17.1. The molecule has 3 rings (SSSR count). The molecular weight excluding hydrogens is 420 g/mol. The van der Waals surface area contributed by atoms with E-state index in [0.29, 0.717) is 29.3 Å². The van der Waals surface area contributed by atoms with Crippen LogP contribution in [0.25, 0.3) is 6.08 Å². The summed E-state index contributed by atoms with van der Waals surface area (Å²) < 4.78 is 11.0. The number of nitrogens with zero attached hydrogens (tertiary/aromatic N) is 3. The highest BCUT2D eigenvalue weighted by Gasteiger charge is 2.27. The monoisotopic (exact) mass is 446 g/mol. The van der Waals surface area contributed by atoms with Crippen molar-refractivity contribution in [2.45, 2.75) is 19.8 Å². The van der Waals surface area contributed by atoms with Gasteiger partial charge in [0, 0.05) is 6.54 Å². The van der Waals surface area contributed by atoms with Gasteiger partial charge in [0.1, 0.15) is 0 Å². The van der Waals surface area contributed by atoms with Crippen molar-refractivity contribution in [1.29, 1.82) is 5.26 Å². The van der Waals surface area contributed by atoms with Crippen molar-refractivity contribution in [3.05, 3.63) is 65.2 Å². The van der Waals surface area contributed by atoms with E-state index in [0.717, 1.165) is 17.5 Å². The molecule has 2 aromatic carbocycles. The van der Waals surface area contributed by atoms with E-state index in [1.807, 2.05) is 36.4 Å². The molecule has 0 radical (unpaired) electrons. The molecule has 0 saturated carbocycles. The Labute approximate surface area is 193 Å². The van der Waals surface area contributed by atoms with Gasteiger partial charge in [-0.15, -0.1) is 0 Å². The molecule has 0 saturated heterocycles. The summed E-state index contributed by atoms with van der Waals surface area (Å²) in [5.41, 5.74) is 2.93. The fourth-order valence-corrected chi connectivity index (χ4v) is 3.29. The van der Waals surface area contributed by atoms with Crippen LogP contribution in [0.4, 0.5) is 0 Å². The molecule has 0 fully saturated rings. The van der Waals surface area contributed by atoms with E-state index in [1.165, 1.54) is 12.1 Å². The van der Waals surface area contributed by atoms with Crippen LogP contribution in [0.2, 0.25) is 0 Å². The minimum atomic E-state index is -0.241. The lowest BCUT2D eigenvalue weighted by molar-refractivity contribution is -0.125. The molecule has 2 aromatic rings. The molecular formula is C25H26N4O4. The second kappa shape index (κ2) is 11.5. The molecule has 0 spiro atoms. The van der Waals surface area contributed by atoms with Gasteiger partial charge in [-0.1, -0.05) is 36.4 Å². The van der Waals surface area contributed by atoms with Gasteiger partial charge in [-0.05, 0) is 42.7 Å². The third kappa shape index (κ3) is 6.43. The van der Waals surface area contributed by atoms with Crippen molar-refractivity contribution in [3.63, 3.8) is 0 Å². The molecule has 0 aliphatic carbocycles. The Morgan fingerprint density at radius 1 is 1.21 bits per heavy atom. The quantitative estimate of drug-likeness (QED) is 0.565. The van der Waals surface area contributed by atoms with Crippen LogP contribution in [-0.2, 0) is 16.0 Å². The van der Waals surface area contributed by atoms with E-state index in [-0.39, 0.29) is 31.4 Å². The highest BCUT2D eigenvalue weighted by atomic mass is 16.5. The Morgan fingerprint density at radius 2 is 2.00 bits per heavy atom. The van der Waals surface area contributed by atoms with Crippen LogP contribution < -0.4 is 14.8 Å². The number of nitrogens with one attached hydrogen (secondary N) is 1. The van der Waals surface area contributed by atoms with Gasteiger partial charge >= 0.3 is 0 Å². The van der Waals surface area contributed by atoms with Crippen LogP contribution >= 0.6 is 0 Å². The number of benzene rings is 2. The summed E-state index contributed by atoms with van der Waals surface area (Å²) in [5, 5.41) is 17.1. The average molecular weight is 447 g/mol. The maximum Gasteiger partial charge on any atom is 0.275 e. The topological polar surface area (TPSA) is 104 Å². The number of carbonyl (C=O) groups excluding carboxylic acids is 2. The summed E-state index contributed by atoms with van der Waals surface area (Å²) >= 11 is 0. The first kappa shape index (κ1) is 23.5. The normalized spacial score (nSPS) is 14.1. The number of nitriles is 1. The molecule has 0 aromatic heterocycles. The summed E-state index contributed by atoms with van der Waals surface area (Å²) in [5.74, 6) is 0.411. The van der Waals surface area contributed by atoms with Crippen LogP contribution in [-0.4, -0.2) is 49.3 Å². The Kier molecular flexibility index (Phi) is 8.19. The molecule has 8 nitrogen and oxygen atoms in total. The second-order valence-electron chi connectivity index (χ2n) is 7.36. The summed E-state index contributed by atoms with van der Waals surface area (Å²) in [7, 11) is 1.51. The second-order valence-corrected chi connectivity index (χ2v) is 7.36. The van der Waals surface area contributed by atoms with E-state index in [2.05, 4.69) is 10.4 Å². The zero-order valence-corrected chi connectivity index (χ0v) is 18.7. The Bertz CT molecular complexity index is 1100. The van der Waals surface area contributed by atoms with Crippen molar-refractivity contribution < 1.29 is 19.1 Å². The van der Waals surface area contributed by atoms with Gasteiger partial charge in [-0.2, -0.15) is 10.4 Å². The molecule has 0 unspecified atom stereocenters. The third-order valence-corrected chi connectivity index (χ3v) is 5.00.